The molecule has 10 heavy (non-hydrogen) atoms. The molecule has 3 nitrogen and oxygen atoms in total. The maximum Gasteiger partial charge on any atom is 0.123 e. The SMILES string of the molecule is NC1CC(O)C(CO)C1F. The summed E-state index contributed by atoms with van der Waals surface area (Å²) in [5.74, 6) is -0.671. The zero-order valence-electron chi connectivity index (χ0n) is 5.57. The molecule has 0 aromatic carbocycles. The Hall–Kier alpha value is -0.190. The molecule has 4 unspecified atom stereocenters. The van der Waals surface area contributed by atoms with Gasteiger partial charge in [-0.15, -0.1) is 0 Å². The summed E-state index contributed by atoms with van der Waals surface area (Å²) in [4.78, 5) is 0. The number of hydrogen-bond donors (Lipinski definition) is 3. The molecular formula is C6H12FNO2. The lowest BCUT2D eigenvalue weighted by atomic mass is 10.1. The maximum atomic E-state index is 12.8. The van der Waals surface area contributed by atoms with Crippen LogP contribution in [0.4, 0.5) is 4.39 Å². The number of nitrogens with two attached hydrogens (primary N) is 1. The first-order chi connectivity index (χ1) is 4.66. The summed E-state index contributed by atoms with van der Waals surface area (Å²) >= 11 is 0. The van der Waals surface area contributed by atoms with Gasteiger partial charge in [-0.3, -0.25) is 0 Å². The average molecular weight is 149 g/mol. The van der Waals surface area contributed by atoms with E-state index in [2.05, 4.69) is 0 Å². The van der Waals surface area contributed by atoms with Gasteiger partial charge in [0.05, 0.1) is 12.7 Å². The number of rotatable bonds is 1. The van der Waals surface area contributed by atoms with Gasteiger partial charge in [0.1, 0.15) is 6.17 Å². The molecule has 1 aliphatic carbocycles. The number of alkyl halides is 1. The third-order valence-electron chi connectivity index (χ3n) is 2.04. The number of aliphatic hydroxyl groups excluding tert-OH is 2. The summed E-state index contributed by atoms with van der Waals surface area (Å²) < 4.78 is 12.8. The minimum absolute atomic E-state index is 0.256. The monoisotopic (exact) mass is 149 g/mol. The molecule has 0 bridgehead atoms. The van der Waals surface area contributed by atoms with Crippen molar-refractivity contribution in [1.29, 1.82) is 0 Å². The lowest BCUT2D eigenvalue weighted by Gasteiger charge is -2.12. The number of aliphatic hydroxyl groups is 2. The van der Waals surface area contributed by atoms with Crippen molar-refractivity contribution in [3.8, 4) is 0 Å². The van der Waals surface area contributed by atoms with E-state index in [1.54, 1.807) is 0 Å². The van der Waals surface area contributed by atoms with Crippen molar-refractivity contribution in [1.82, 2.24) is 0 Å². The molecule has 0 aromatic heterocycles. The lowest BCUT2D eigenvalue weighted by molar-refractivity contribution is 0.0606. The third-order valence-corrected chi connectivity index (χ3v) is 2.04. The second-order valence-corrected chi connectivity index (χ2v) is 2.76. The Morgan fingerprint density at radius 1 is 1.60 bits per heavy atom. The fourth-order valence-electron chi connectivity index (χ4n) is 1.34. The second-order valence-electron chi connectivity index (χ2n) is 2.76. The second kappa shape index (κ2) is 2.82. The third kappa shape index (κ3) is 1.14. The van der Waals surface area contributed by atoms with Gasteiger partial charge < -0.3 is 15.9 Å². The molecule has 1 fully saturated rings. The molecule has 0 amide bonds. The first-order valence-corrected chi connectivity index (χ1v) is 3.35. The van der Waals surface area contributed by atoms with E-state index in [1.807, 2.05) is 0 Å². The van der Waals surface area contributed by atoms with Gasteiger partial charge in [0.2, 0.25) is 0 Å². The molecule has 60 valence electrons. The zero-order chi connectivity index (χ0) is 7.72. The molecule has 0 saturated heterocycles. The van der Waals surface area contributed by atoms with Gasteiger partial charge in [0.25, 0.3) is 0 Å². The average Bonchev–Trinajstić information content (AvgIpc) is 2.09. The molecule has 0 spiro atoms. The summed E-state index contributed by atoms with van der Waals surface area (Å²) in [5.41, 5.74) is 5.29. The molecule has 1 aliphatic rings. The first-order valence-electron chi connectivity index (χ1n) is 3.35. The van der Waals surface area contributed by atoms with E-state index in [1.165, 1.54) is 0 Å². The summed E-state index contributed by atoms with van der Waals surface area (Å²) in [6, 6.07) is -0.604. The van der Waals surface area contributed by atoms with E-state index in [0.29, 0.717) is 0 Å². The minimum Gasteiger partial charge on any atom is -0.396 e. The van der Waals surface area contributed by atoms with Crippen molar-refractivity contribution in [2.24, 2.45) is 11.7 Å². The smallest absolute Gasteiger partial charge is 0.123 e. The largest absolute Gasteiger partial charge is 0.396 e. The van der Waals surface area contributed by atoms with E-state index in [0.717, 1.165) is 0 Å². The predicted octanol–water partition coefficient (Wildman–Crippen LogP) is -0.975. The van der Waals surface area contributed by atoms with E-state index in [4.69, 9.17) is 15.9 Å². The predicted molar refractivity (Wildman–Crippen MR) is 34.1 cm³/mol. The quantitative estimate of drug-likeness (QED) is 0.449. The molecule has 4 heteroatoms. The minimum atomic E-state index is -1.25. The highest BCUT2D eigenvalue weighted by molar-refractivity contribution is 4.93. The Labute approximate surface area is 58.7 Å². The normalized spacial score (nSPS) is 48.0. The van der Waals surface area contributed by atoms with Gasteiger partial charge in [-0.1, -0.05) is 0 Å². The Morgan fingerprint density at radius 2 is 2.20 bits per heavy atom. The number of hydrogen-bond acceptors (Lipinski definition) is 3. The van der Waals surface area contributed by atoms with Crippen LogP contribution in [0.15, 0.2) is 0 Å². The fourth-order valence-corrected chi connectivity index (χ4v) is 1.34. The highest BCUT2D eigenvalue weighted by Gasteiger charge is 2.40. The van der Waals surface area contributed by atoms with E-state index >= 15 is 0 Å². The van der Waals surface area contributed by atoms with Crippen molar-refractivity contribution in [3.05, 3.63) is 0 Å². The van der Waals surface area contributed by atoms with Gasteiger partial charge in [-0.2, -0.15) is 0 Å². The summed E-state index contributed by atoms with van der Waals surface area (Å²) in [6.45, 7) is -0.323. The fraction of sp³-hybridized carbons (Fsp3) is 1.00. The molecule has 0 aromatic rings. The molecule has 0 aliphatic heterocycles. The van der Waals surface area contributed by atoms with Crippen molar-refractivity contribution >= 4 is 0 Å². The van der Waals surface area contributed by atoms with Crippen LogP contribution in [0.5, 0.6) is 0 Å². The van der Waals surface area contributed by atoms with Crippen molar-refractivity contribution in [2.75, 3.05) is 6.61 Å². The Balaban J connectivity index is 2.55. The molecular weight excluding hydrogens is 137 g/mol. The van der Waals surface area contributed by atoms with Gasteiger partial charge in [0.15, 0.2) is 0 Å². The van der Waals surface area contributed by atoms with Crippen molar-refractivity contribution < 1.29 is 14.6 Å². The first kappa shape index (κ1) is 7.91. The highest BCUT2D eigenvalue weighted by Crippen LogP contribution is 2.27. The molecule has 4 N–H and O–H groups in total. The van der Waals surface area contributed by atoms with Crippen LogP contribution in [0, 0.1) is 5.92 Å². The molecule has 0 heterocycles. The Morgan fingerprint density at radius 3 is 2.40 bits per heavy atom. The van der Waals surface area contributed by atoms with Crippen LogP contribution < -0.4 is 5.73 Å². The van der Waals surface area contributed by atoms with Gasteiger partial charge in [-0.05, 0) is 6.42 Å². The summed E-state index contributed by atoms with van der Waals surface area (Å²) in [6.07, 6.45) is -1.76. The molecule has 1 rings (SSSR count). The topological polar surface area (TPSA) is 66.5 Å². The standard InChI is InChI=1S/C6H12FNO2/c7-6-3(2-9)5(10)1-4(6)8/h3-6,9-10H,1-2,8H2. The van der Waals surface area contributed by atoms with Gasteiger partial charge in [-0.25, -0.2) is 4.39 Å². The molecule has 0 radical (unpaired) electrons. The van der Waals surface area contributed by atoms with E-state index in [-0.39, 0.29) is 13.0 Å². The Bertz CT molecular complexity index is 122. The summed E-state index contributed by atoms with van der Waals surface area (Å²) in [7, 11) is 0. The van der Waals surface area contributed by atoms with Crippen molar-refractivity contribution in [3.63, 3.8) is 0 Å². The van der Waals surface area contributed by atoms with Crippen LogP contribution in [0.25, 0.3) is 0 Å². The number of halogens is 1. The van der Waals surface area contributed by atoms with Crippen molar-refractivity contribution in [2.45, 2.75) is 24.7 Å². The maximum absolute atomic E-state index is 12.8. The molecule has 1 saturated carbocycles. The van der Waals surface area contributed by atoms with Crippen LogP contribution in [0.2, 0.25) is 0 Å². The zero-order valence-corrected chi connectivity index (χ0v) is 5.57. The molecule has 4 atom stereocenters. The highest BCUT2D eigenvalue weighted by atomic mass is 19.1. The van der Waals surface area contributed by atoms with Crippen LogP contribution in [0.1, 0.15) is 6.42 Å². The van der Waals surface area contributed by atoms with Gasteiger partial charge in [0, 0.05) is 12.0 Å². The lowest BCUT2D eigenvalue weighted by Crippen LogP contribution is -2.31. The van der Waals surface area contributed by atoms with Crippen LogP contribution in [-0.4, -0.2) is 35.1 Å². The van der Waals surface area contributed by atoms with E-state index < -0.39 is 24.2 Å². The van der Waals surface area contributed by atoms with Crippen LogP contribution in [0.3, 0.4) is 0 Å². The van der Waals surface area contributed by atoms with E-state index in [9.17, 15) is 4.39 Å². The van der Waals surface area contributed by atoms with Gasteiger partial charge >= 0.3 is 0 Å². The summed E-state index contributed by atoms with van der Waals surface area (Å²) in [5, 5.41) is 17.6. The van der Waals surface area contributed by atoms with Crippen LogP contribution >= 0.6 is 0 Å². The van der Waals surface area contributed by atoms with Crippen LogP contribution in [-0.2, 0) is 0 Å². The Kier molecular flexibility index (Phi) is 2.23.